The maximum absolute atomic E-state index is 12.9. The average molecular weight is 441 g/mol. The van der Waals surface area contributed by atoms with Crippen LogP contribution >= 0.6 is 0 Å². The second kappa shape index (κ2) is 11.6. The summed E-state index contributed by atoms with van der Waals surface area (Å²) in [5.41, 5.74) is 13.5. The van der Waals surface area contributed by atoms with Gasteiger partial charge in [-0.1, -0.05) is 42.5 Å². The van der Waals surface area contributed by atoms with Crippen LogP contribution in [0.2, 0.25) is 0 Å². The molecular weight excluding hydrogens is 408 g/mol. The molecule has 0 saturated carbocycles. The van der Waals surface area contributed by atoms with Gasteiger partial charge < -0.3 is 31.3 Å². The van der Waals surface area contributed by atoms with Crippen LogP contribution in [0.15, 0.2) is 53.5 Å². The number of carbonyl (C=O) groups excluding carboxylic acids is 2. The Morgan fingerprint density at radius 3 is 2.19 bits per heavy atom. The summed E-state index contributed by atoms with van der Waals surface area (Å²) in [5, 5.41) is 2.87. The normalized spacial score (nSPS) is 11.2. The minimum atomic E-state index is -0.752. The zero-order valence-corrected chi connectivity index (χ0v) is 19.0. The van der Waals surface area contributed by atoms with Gasteiger partial charge in [0.25, 0.3) is 0 Å². The van der Waals surface area contributed by atoms with Gasteiger partial charge in [0.1, 0.15) is 11.8 Å². The van der Waals surface area contributed by atoms with Crippen molar-refractivity contribution >= 4 is 17.9 Å². The monoisotopic (exact) mass is 440 g/mol. The summed E-state index contributed by atoms with van der Waals surface area (Å²) in [5.74, 6) is 0.481. The van der Waals surface area contributed by atoms with Gasteiger partial charge in [0, 0.05) is 33.1 Å². The van der Waals surface area contributed by atoms with Gasteiger partial charge in [0.2, 0.25) is 5.91 Å². The number of rotatable bonds is 9. The topological polar surface area (TPSA) is 126 Å². The molecule has 0 spiro atoms. The van der Waals surface area contributed by atoms with Crippen molar-refractivity contribution in [3.05, 3.63) is 65.2 Å². The van der Waals surface area contributed by atoms with E-state index in [-0.39, 0.29) is 17.9 Å². The van der Waals surface area contributed by atoms with E-state index in [1.807, 2.05) is 48.5 Å². The third kappa shape index (κ3) is 6.90. The van der Waals surface area contributed by atoms with Crippen molar-refractivity contribution in [3.8, 4) is 5.75 Å². The minimum absolute atomic E-state index is 0.00742. The molecule has 0 saturated heterocycles. The van der Waals surface area contributed by atoms with Gasteiger partial charge in [0.05, 0.1) is 20.2 Å². The largest absolute Gasteiger partial charge is 0.496 e. The molecule has 5 N–H and O–H groups in total. The number of likely N-dealkylation sites (N-methyl/N-ethyl adjacent to an activating group) is 1. The van der Waals surface area contributed by atoms with E-state index in [9.17, 15) is 9.59 Å². The summed E-state index contributed by atoms with van der Waals surface area (Å²) in [7, 11) is 6.58. The number of para-hydroxylation sites is 1. The zero-order chi connectivity index (χ0) is 23.7. The number of nitrogens with two attached hydrogens (primary N) is 2. The molecule has 32 heavy (non-hydrogen) atoms. The quantitative estimate of drug-likeness (QED) is 0.400. The van der Waals surface area contributed by atoms with Crippen LogP contribution in [0.4, 0.5) is 4.79 Å². The number of benzene rings is 2. The Bertz CT molecular complexity index is 956. The first-order valence-corrected chi connectivity index (χ1v) is 10.2. The Hall–Kier alpha value is -3.75. The van der Waals surface area contributed by atoms with Crippen molar-refractivity contribution < 1.29 is 14.3 Å². The van der Waals surface area contributed by atoms with Crippen molar-refractivity contribution in [2.45, 2.75) is 25.6 Å². The number of urea groups is 1. The van der Waals surface area contributed by atoms with Crippen molar-refractivity contribution in [2.75, 3.05) is 28.3 Å². The van der Waals surface area contributed by atoms with E-state index in [2.05, 4.69) is 10.3 Å². The molecule has 0 fully saturated rings. The Morgan fingerprint density at radius 2 is 1.59 bits per heavy atom. The lowest BCUT2D eigenvalue weighted by Gasteiger charge is -2.26. The van der Waals surface area contributed by atoms with E-state index in [1.165, 1.54) is 9.80 Å². The van der Waals surface area contributed by atoms with Gasteiger partial charge in [-0.15, -0.1) is 0 Å². The van der Waals surface area contributed by atoms with Crippen LogP contribution in [0.25, 0.3) is 0 Å². The number of nitrogens with zero attached hydrogens (tertiary/aromatic N) is 3. The Balaban J connectivity index is 2.19. The summed E-state index contributed by atoms with van der Waals surface area (Å²) in [6.07, 6.45) is 0.307. The molecule has 0 radical (unpaired) electrons. The van der Waals surface area contributed by atoms with E-state index in [1.54, 1.807) is 28.3 Å². The third-order valence-electron chi connectivity index (χ3n) is 4.96. The SMILES string of the molecule is COc1ccccc1CN(C)C(=O)N[C@@H](Cc1ccccc1CN=C(N)N)C(=O)N(C)C. The number of ether oxygens (including phenoxy) is 1. The third-order valence-corrected chi connectivity index (χ3v) is 4.96. The van der Waals surface area contributed by atoms with Crippen molar-refractivity contribution in [3.63, 3.8) is 0 Å². The van der Waals surface area contributed by atoms with E-state index >= 15 is 0 Å². The summed E-state index contributed by atoms with van der Waals surface area (Å²) in [4.78, 5) is 32.8. The Morgan fingerprint density at radius 1 is 1.00 bits per heavy atom. The molecule has 2 aromatic carbocycles. The van der Waals surface area contributed by atoms with Crippen molar-refractivity contribution in [2.24, 2.45) is 16.5 Å². The fourth-order valence-corrected chi connectivity index (χ4v) is 3.24. The number of hydrogen-bond donors (Lipinski definition) is 3. The molecule has 9 heteroatoms. The van der Waals surface area contributed by atoms with Crippen LogP contribution in [0.5, 0.6) is 5.75 Å². The first-order chi connectivity index (χ1) is 15.2. The number of amides is 3. The van der Waals surface area contributed by atoms with Crippen LogP contribution < -0.4 is 21.5 Å². The first-order valence-electron chi connectivity index (χ1n) is 10.2. The molecule has 0 aliphatic carbocycles. The lowest BCUT2D eigenvalue weighted by atomic mass is 9.99. The molecule has 0 bridgehead atoms. The molecule has 0 heterocycles. The number of aliphatic imine (C=N–C) groups is 1. The van der Waals surface area contributed by atoms with Gasteiger partial charge in [0.15, 0.2) is 5.96 Å². The zero-order valence-electron chi connectivity index (χ0n) is 19.0. The molecule has 0 aliphatic heterocycles. The highest BCUT2D eigenvalue weighted by atomic mass is 16.5. The molecule has 1 atom stereocenters. The van der Waals surface area contributed by atoms with E-state index < -0.39 is 6.04 Å². The Kier molecular flexibility index (Phi) is 8.88. The summed E-state index contributed by atoms with van der Waals surface area (Å²) < 4.78 is 5.36. The second-order valence-corrected chi connectivity index (χ2v) is 7.62. The number of guanidine groups is 1. The van der Waals surface area contributed by atoms with Crippen LogP contribution in [0.3, 0.4) is 0 Å². The molecule has 9 nitrogen and oxygen atoms in total. The van der Waals surface area contributed by atoms with Crippen LogP contribution in [-0.2, 0) is 24.3 Å². The minimum Gasteiger partial charge on any atom is -0.496 e. The Labute approximate surface area is 189 Å². The van der Waals surface area contributed by atoms with Crippen molar-refractivity contribution in [1.82, 2.24) is 15.1 Å². The molecule has 0 aliphatic rings. The maximum atomic E-state index is 12.9. The van der Waals surface area contributed by atoms with Gasteiger partial charge in [-0.3, -0.25) is 4.79 Å². The lowest BCUT2D eigenvalue weighted by Crippen LogP contribution is -2.51. The maximum Gasteiger partial charge on any atom is 0.318 e. The van der Waals surface area contributed by atoms with E-state index in [0.29, 0.717) is 25.3 Å². The van der Waals surface area contributed by atoms with Crippen LogP contribution in [0, 0.1) is 0 Å². The smallest absolute Gasteiger partial charge is 0.318 e. The molecule has 2 aromatic rings. The number of nitrogens with one attached hydrogen (secondary N) is 1. The average Bonchev–Trinajstić information content (AvgIpc) is 2.77. The molecular formula is C23H32N6O3. The predicted molar refractivity (Wildman–Crippen MR) is 125 cm³/mol. The molecule has 172 valence electrons. The van der Waals surface area contributed by atoms with E-state index in [0.717, 1.165) is 16.7 Å². The predicted octanol–water partition coefficient (Wildman–Crippen LogP) is 1.31. The number of hydrogen-bond acceptors (Lipinski definition) is 4. The van der Waals surface area contributed by atoms with Gasteiger partial charge >= 0.3 is 6.03 Å². The summed E-state index contributed by atoms with van der Waals surface area (Å²) in [6, 6.07) is 13.9. The molecule has 0 aromatic heterocycles. The molecule has 0 unspecified atom stereocenters. The van der Waals surface area contributed by atoms with Crippen LogP contribution in [-0.4, -0.2) is 62.0 Å². The number of methoxy groups -OCH3 is 1. The van der Waals surface area contributed by atoms with Gasteiger partial charge in [-0.05, 0) is 17.2 Å². The second-order valence-electron chi connectivity index (χ2n) is 7.62. The lowest BCUT2D eigenvalue weighted by molar-refractivity contribution is -0.130. The van der Waals surface area contributed by atoms with Gasteiger partial charge in [-0.2, -0.15) is 0 Å². The highest BCUT2D eigenvalue weighted by Crippen LogP contribution is 2.19. The van der Waals surface area contributed by atoms with Crippen LogP contribution in [0.1, 0.15) is 16.7 Å². The number of carbonyl (C=O) groups is 2. The van der Waals surface area contributed by atoms with Crippen molar-refractivity contribution in [1.29, 1.82) is 0 Å². The summed E-state index contributed by atoms with van der Waals surface area (Å²) in [6.45, 7) is 0.628. The molecule has 2 rings (SSSR count). The molecule has 3 amide bonds. The highest BCUT2D eigenvalue weighted by molar-refractivity contribution is 5.87. The fraction of sp³-hybridized carbons (Fsp3) is 0.348. The van der Waals surface area contributed by atoms with Gasteiger partial charge in [-0.25, -0.2) is 9.79 Å². The standard InChI is InChI=1S/C23H32N6O3/c1-28(2)21(30)19(13-16-9-5-6-10-17(16)14-26-22(24)25)27-23(31)29(3)15-18-11-7-8-12-20(18)32-4/h5-12,19H,13-15H2,1-4H3,(H,27,31)(H4,24,25,26)/t19-/m0/s1. The summed E-state index contributed by atoms with van der Waals surface area (Å²) >= 11 is 0. The highest BCUT2D eigenvalue weighted by Gasteiger charge is 2.25. The first kappa shape index (κ1) is 24.5. The van der Waals surface area contributed by atoms with E-state index in [4.69, 9.17) is 16.2 Å². The fourth-order valence-electron chi connectivity index (χ4n) is 3.24.